The number of non-ortho nitro benzene ring substituents is 2. The number of aromatic nitrogens is 6. The highest BCUT2D eigenvalue weighted by molar-refractivity contribution is 9.10. The first-order valence-corrected chi connectivity index (χ1v) is 42.8. The van der Waals surface area contributed by atoms with Gasteiger partial charge in [0, 0.05) is 119 Å². The maximum Gasteiger partial charge on any atom is 0.488 e. The van der Waals surface area contributed by atoms with Gasteiger partial charge in [0.15, 0.2) is 0 Å². The molecule has 0 aliphatic carbocycles. The number of rotatable bonds is 22. The Morgan fingerprint density at radius 1 is 0.395 bits per heavy atom. The second-order valence-corrected chi connectivity index (χ2v) is 32.2. The van der Waals surface area contributed by atoms with E-state index in [-0.39, 0.29) is 80.7 Å². The number of anilines is 1. The van der Waals surface area contributed by atoms with E-state index < -0.39 is 75.5 Å². The van der Waals surface area contributed by atoms with Gasteiger partial charge >= 0.3 is 37.0 Å². The molecule has 9 N–H and O–H groups in total. The second-order valence-electron chi connectivity index (χ2n) is 25.6. The molecule has 0 saturated carbocycles. The van der Waals surface area contributed by atoms with Crippen LogP contribution in [0.2, 0.25) is 0 Å². The lowest BCUT2D eigenvalue weighted by Crippen LogP contribution is -2.29. The molecular formula is C84H82BBrClN11O23S3. The summed E-state index contributed by atoms with van der Waals surface area (Å²) in [7, 11) is -7.73. The van der Waals surface area contributed by atoms with Crippen LogP contribution in [-0.2, 0) is 58.4 Å². The number of nitrogens with zero attached hydrogens (tertiary/aromatic N) is 8. The van der Waals surface area contributed by atoms with E-state index in [1.807, 2.05) is 18.2 Å². The van der Waals surface area contributed by atoms with Crippen molar-refractivity contribution in [3.05, 3.63) is 314 Å². The Balaban J connectivity index is 0.000000226. The van der Waals surface area contributed by atoms with Gasteiger partial charge in [-0.15, -0.1) is 0 Å². The fourth-order valence-corrected chi connectivity index (χ4v) is 12.9. The number of nitrogens with two attached hydrogens (primary N) is 3. The molecule has 0 aliphatic heterocycles. The summed E-state index contributed by atoms with van der Waals surface area (Å²) in [5, 5.41) is 59.0. The molecule has 0 bridgehead atoms. The summed E-state index contributed by atoms with van der Waals surface area (Å²) < 4.78 is 94.2. The molecule has 0 saturated heterocycles. The van der Waals surface area contributed by atoms with Crippen LogP contribution in [0.5, 0.6) is 0 Å². The molecule has 124 heavy (non-hydrogen) atoms. The van der Waals surface area contributed by atoms with Crippen molar-refractivity contribution in [1.82, 2.24) is 29.9 Å². The van der Waals surface area contributed by atoms with Crippen LogP contribution in [0.15, 0.2) is 276 Å². The monoisotopic (exact) mass is 1830 g/mol. The number of sulfonamides is 2. The van der Waals surface area contributed by atoms with E-state index in [2.05, 4.69) is 45.8 Å². The van der Waals surface area contributed by atoms with Crippen molar-refractivity contribution < 1.29 is 97.9 Å². The summed E-state index contributed by atoms with van der Waals surface area (Å²) in [4.78, 5) is 102. The van der Waals surface area contributed by atoms with E-state index >= 15 is 0 Å². The topological polar surface area (TPSA) is 536 Å². The largest absolute Gasteiger partial charge is 0.488 e. The average molecular weight is 1840 g/mol. The third-order valence-electron chi connectivity index (χ3n) is 16.2. The second kappa shape index (κ2) is 47.8. The van der Waals surface area contributed by atoms with Crippen molar-refractivity contribution in [1.29, 1.82) is 0 Å². The minimum Gasteiger partial charge on any atom is -0.462 e. The molecule has 0 fully saturated rings. The molecule has 0 radical (unpaired) electrons. The number of aliphatic hydroxyl groups is 1. The van der Waals surface area contributed by atoms with Gasteiger partial charge in [0.25, 0.3) is 20.4 Å². The number of ether oxygens (including phenoxy) is 5. The first kappa shape index (κ1) is 99.5. The number of hydrogen-bond acceptors (Lipinski definition) is 30. The lowest BCUT2D eigenvalue weighted by molar-refractivity contribution is -0.385. The molecule has 0 atom stereocenters. The van der Waals surface area contributed by atoms with Crippen molar-refractivity contribution in [2.75, 3.05) is 38.8 Å². The van der Waals surface area contributed by atoms with Crippen molar-refractivity contribution in [2.24, 2.45) is 10.3 Å². The maximum absolute atomic E-state index is 11.8. The number of carbonyl (C=O) groups is 5. The molecule has 646 valence electrons. The van der Waals surface area contributed by atoms with Gasteiger partial charge in [-0.2, -0.15) is 0 Å². The first-order valence-electron chi connectivity index (χ1n) is 36.6. The highest BCUT2D eigenvalue weighted by Gasteiger charge is 2.24. The van der Waals surface area contributed by atoms with Gasteiger partial charge in [-0.25, -0.2) is 59.5 Å². The van der Waals surface area contributed by atoms with Gasteiger partial charge < -0.3 is 44.6 Å². The normalized spacial score (nSPS) is 10.7. The van der Waals surface area contributed by atoms with Crippen LogP contribution < -0.4 is 21.5 Å². The third kappa shape index (κ3) is 32.2. The quantitative estimate of drug-likeness (QED) is 0.00698. The number of benzene rings is 6. The molecule has 0 unspecified atom stereocenters. The molecule has 6 aromatic heterocycles. The smallest absolute Gasteiger partial charge is 0.462 e. The summed E-state index contributed by atoms with van der Waals surface area (Å²) in [6.45, 7) is 12.8. The minimum atomic E-state index is -3.96. The Bertz CT molecular complexity index is 5900. The van der Waals surface area contributed by atoms with Crippen molar-refractivity contribution in [3.8, 4) is 55.6 Å². The summed E-state index contributed by atoms with van der Waals surface area (Å²) in [6, 6.07) is 46.9. The number of carbonyl (C=O) groups excluding carboxylic acids is 5. The van der Waals surface area contributed by atoms with Crippen LogP contribution in [0.1, 0.15) is 106 Å². The zero-order chi connectivity index (χ0) is 91.5. The van der Waals surface area contributed by atoms with Crippen LogP contribution >= 0.6 is 26.6 Å². The van der Waals surface area contributed by atoms with E-state index in [0.717, 1.165) is 33.4 Å². The Morgan fingerprint density at radius 2 is 0.661 bits per heavy atom. The number of nitrogen functional groups attached to an aromatic ring is 1. The Morgan fingerprint density at radius 3 is 0.960 bits per heavy atom. The van der Waals surface area contributed by atoms with E-state index in [4.69, 9.17) is 60.4 Å². The number of esters is 5. The number of primary sulfonamides is 2. The summed E-state index contributed by atoms with van der Waals surface area (Å²) >= 11 is 3.09. The molecule has 6 aromatic carbocycles. The molecule has 0 amide bonds. The molecule has 40 heteroatoms. The number of halogens is 2. The van der Waals surface area contributed by atoms with Crippen molar-refractivity contribution in [3.63, 3.8) is 0 Å². The Kier molecular flexibility index (Phi) is 38.3. The van der Waals surface area contributed by atoms with Crippen LogP contribution in [0.4, 0.5) is 17.1 Å². The summed E-state index contributed by atoms with van der Waals surface area (Å²) in [5.41, 5.74) is 14.0. The van der Waals surface area contributed by atoms with Crippen LogP contribution in [0.25, 0.3) is 55.6 Å². The Hall–Kier alpha value is -13.3. The maximum atomic E-state index is 11.8. The number of pyridine rings is 6. The minimum absolute atomic E-state index is 0.0241. The zero-order valence-corrected chi connectivity index (χ0v) is 72.0. The van der Waals surface area contributed by atoms with E-state index in [0.29, 0.717) is 55.6 Å². The molecule has 12 aromatic rings. The predicted molar refractivity (Wildman–Crippen MR) is 465 cm³/mol. The molecule has 0 aliphatic rings. The van der Waals surface area contributed by atoms with Crippen LogP contribution in [0, 0.1) is 20.2 Å². The van der Waals surface area contributed by atoms with E-state index in [9.17, 15) is 74.6 Å². The third-order valence-corrected chi connectivity index (χ3v) is 19.7. The van der Waals surface area contributed by atoms with E-state index in [1.165, 1.54) is 79.1 Å². The zero-order valence-electron chi connectivity index (χ0n) is 67.2. The summed E-state index contributed by atoms with van der Waals surface area (Å²) in [5.74, 6) is -2.71. The van der Waals surface area contributed by atoms with Crippen molar-refractivity contribution >= 4 is 115 Å². The summed E-state index contributed by atoms with van der Waals surface area (Å²) in [6.07, 6.45) is 19.1. The van der Waals surface area contributed by atoms with Gasteiger partial charge in [0.2, 0.25) is 20.0 Å². The fraction of sp³-hybridized carbons (Fsp3) is 0.155. The number of hydrogen-bond donors (Lipinski definition) is 6. The SMILES string of the molecule is CC(C)(O)c1cc(-c2ccncc2)cc(S(N)(=O)=O)c1.CCOC(=O)c1cc(-c2ccncc2)cc(S(=O)(=O)Cl)c1.CCOC(=O)c1cc(-c2ccncc2)cc(S(N)(=O)=O)c1.CCOC(=O)c1cc(-c2ccncc2)cc([N+](=O)[O-])c1.CCOC(=O)c1cc(Br)cc([N+](=O)[O-])c1.CCOC(=O)c1cc(N)cc(-c2ccncc2)c1.OB(O)c1ccncc1. The number of nitro benzene ring substituents is 2. The van der Waals surface area contributed by atoms with Gasteiger partial charge in [0.1, 0.15) is 0 Å². The highest BCUT2D eigenvalue weighted by atomic mass is 79.9. The lowest BCUT2D eigenvalue weighted by Gasteiger charge is -2.20. The first-order chi connectivity index (χ1) is 58.7. The molecule has 34 nitrogen and oxygen atoms in total. The molecular weight excluding hydrogens is 1750 g/mol. The predicted octanol–water partition coefficient (Wildman–Crippen LogP) is 12.7. The average Bonchev–Trinajstić information content (AvgIpc) is 0.801. The lowest BCUT2D eigenvalue weighted by atomic mass is 9.81. The molecule has 12 rings (SSSR count). The van der Waals surface area contributed by atoms with Gasteiger partial charge in [-0.3, -0.25) is 50.1 Å². The molecule has 6 heterocycles. The molecule has 0 spiro atoms. The fourth-order valence-electron chi connectivity index (χ4n) is 10.4. The van der Waals surface area contributed by atoms with Crippen LogP contribution in [-0.4, -0.2) is 150 Å². The van der Waals surface area contributed by atoms with E-state index in [1.54, 1.807) is 207 Å². The van der Waals surface area contributed by atoms with Gasteiger partial charge in [0.05, 0.1) is 91.0 Å². The van der Waals surface area contributed by atoms with Crippen LogP contribution in [0.3, 0.4) is 0 Å². The standard InChI is InChI=1S/C14H12ClNO4S.C14H14N2O4S.C14H12N2O4.C14H16N2O3S.C14H14N2O2.C9H8BrNO4.C5H6BNO2/c2*1-2-20-14(17)12-7-11(10-3-5-16-6-4-10)8-13(9-12)21(15,18)19;1-2-20-14(17)12-7-11(8-13(9-12)16(18)19)10-3-5-15-6-4-10;1-14(2,17)12-7-11(10-3-5-16-6-4-10)8-13(9-12)20(15,18)19;1-2-18-14(17)12-7-11(8-13(15)9-12)10-3-5-16-6-4-10;1-2-15-9(12)6-3-7(10)5-8(4-6)11(13)14;8-6(9)5-1-3-7-4-2-5/h3-9H,2H2,1H3;3-9H,2H2,1H3,(H2,15,18,19);3-9H,2H2,1H3;3-9,17H,1-2H3,(H2,15,18,19);3-9H,2,15H2,1H3;3-5H,2H2,1H3;1-4,8-9H. The van der Waals surface area contributed by atoms with Crippen molar-refractivity contribution in [2.45, 2.75) is 68.8 Å². The Labute approximate surface area is 726 Å². The number of nitro groups is 2. The van der Waals surface area contributed by atoms with Gasteiger partial charge in [-0.1, -0.05) is 15.9 Å². The van der Waals surface area contributed by atoms with Gasteiger partial charge in [-0.05, 0) is 273 Å². The highest BCUT2D eigenvalue weighted by Crippen LogP contribution is 2.33.